The van der Waals surface area contributed by atoms with Crippen LogP contribution in [0.4, 0.5) is 5.69 Å². The fraction of sp³-hybridized carbons (Fsp3) is 0.212. The third-order valence-electron chi connectivity index (χ3n) is 6.88. The average Bonchev–Trinajstić information content (AvgIpc) is 3.00. The first kappa shape index (κ1) is 32.1. The Kier molecular flexibility index (Phi) is 10.9. The smallest absolute Gasteiger partial charge is 0.264 e. The van der Waals surface area contributed by atoms with Crippen molar-refractivity contribution in [3.63, 3.8) is 0 Å². The second-order valence-electron chi connectivity index (χ2n) is 10.0. The molecule has 0 bridgehead atoms. The van der Waals surface area contributed by atoms with Crippen molar-refractivity contribution in [2.24, 2.45) is 0 Å². The van der Waals surface area contributed by atoms with Crippen LogP contribution in [-0.4, -0.2) is 44.3 Å². The molecule has 0 saturated carbocycles. The molecule has 2 amide bonds. The lowest BCUT2D eigenvalue weighted by molar-refractivity contribution is -0.140. The van der Waals surface area contributed by atoms with E-state index in [-0.39, 0.29) is 34.5 Å². The molecule has 0 unspecified atom stereocenters. The van der Waals surface area contributed by atoms with E-state index in [2.05, 4.69) is 5.32 Å². The Morgan fingerprint density at radius 3 is 2.07 bits per heavy atom. The summed E-state index contributed by atoms with van der Waals surface area (Å²) in [4.78, 5) is 29.3. The van der Waals surface area contributed by atoms with Crippen molar-refractivity contribution in [2.75, 3.05) is 17.4 Å². The van der Waals surface area contributed by atoms with Gasteiger partial charge in [-0.15, -0.1) is 0 Å². The standard InChI is InChI=1S/C33H33Cl2N3O4S/c1-3-36-33(40)31(20-25-10-6-4-7-11-25)37(22-26-16-14-24(2)15-17-26)32(39)23-38(30-19-18-27(34)21-29(30)35)43(41,42)28-12-8-5-9-13-28/h4-19,21,31H,3,20,22-23H2,1-2H3,(H,36,40)/t31-/m1/s1. The van der Waals surface area contributed by atoms with Crippen LogP contribution >= 0.6 is 23.2 Å². The predicted octanol–water partition coefficient (Wildman–Crippen LogP) is 6.27. The van der Waals surface area contributed by atoms with Crippen molar-refractivity contribution < 1.29 is 18.0 Å². The number of hydrogen-bond donors (Lipinski definition) is 1. The molecule has 4 aromatic rings. The SMILES string of the molecule is CCNC(=O)[C@@H](Cc1ccccc1)N(Cc1ccc(C)cc1)C(=O)CN(c1ccc(Cl)cc1Cl)S(=O)(=O)c1ccccc1. The van der Waals surface area contributed by atoms with Gasteiger partial charge in [-0.1, -0.05) is 102 Å². The summed E-state index contributed by atoms with van der Waals surface area (Å²) in [7, 11) is -4.25. The number of halogens is 2. The molecule has 4 aromatic carbocycles. The molecule has 43 heavy (non-hydrogen) atoms. The third kappa shape index (κ3) is 8.16. The van der Waals surface area contributed by atoms with Gasteiger partial charge in [-0.3, -0.25) is 13.9 Å². The number of anilines is 1. The Bertz CT molecular complexity index is 1650. The van der Waals surface area contributed by atoms with Crippen LogP contribution in [0.2, 0.25) is 10.0 Å². The highest BCUT2D eigenvalue weighted by atomic mass is 35.5. The largest absolute Gasteiger partial charge is 0.355 e. The van der Waals surface area contributed by atoms with Gasteiger partial charge in [-0.25, -0.2) is 8.42 Å². The van der Waals surface area contributed by atoms with Crippen molar-refractivity contribution in [1.82, 2.24) is 10.2 Å². The lowest BCUT2D eigenvalue weighted by Crippen LogP contribution is -2.53. The van der Waals surface area contributed by atoms with Gasteiger partial charge in [0.05, 0.1) is 15.6 Å². The van der Waals surface area contributed by atoms with Gasteiger partial charge in [-0.2, -0.15) is 0 Å². The molecule has 0 aliphatic heterocycles. The molecule has 0 spiro atoms. The van der Waals surface area contributed by atoms with Crippen LogP contribution in [-0.2, 0) is 32.6 Å². The average molecular weight is 639 g/mol. The number of benzene rings is 4. The first-order valence-electron chi connectivity index (χ1n) is 13.8. The van der Waals surface area contributed by atoms with Crippen molar-refractivity contribution in [2.45, 2.75) is 37.8 Å². The van der Waals surface area contributed by atoms with Crippen molar-refractivity contribution in [3.05, 3.63) is 130 Å². The zero-order chi connectivity index (χ0) is 31.0. The number of amides is 2. The van der Waals surface area contributed by atoms with Crippen molar-refractivity contribution in [3.8, 4) is 0 Å². The van der Waals surface area contributed by atoms with Gasteiger partial charge in [0.15, 0.2) is 0 Å². The van der Waals surface area contributed by atoms with Gasteiger partial charge in [0.2, 0.25) is 11.8 Å². The Balaban J connectivity index is 1.81. The molecule has 1 N–H and O–H groups in total. The molecule has 0 aromatic heterocycles. The van der Waals surface area contributed by atoms with E-state index in [4.69, 9.17) is 23.2 Å². The van der Waals surface area contributed by atoms with Crippen molar-refractivity contribution in [1.29, 1.82) is 0 Å². The molecule has 0 heterocycles. The highest BCUT2D eigenvalue weighted by Crippen LogP contribution is 2.33. The van der Waals surface area contributed by atoms with E-state index in [1.54, 1.807) is 25.1 Å². The zero-order valence-electron chi connectivity index (χ0n) is 23.9. The van der Waals surface area contributed by atoms with E-state index in [0.717, 1.165) is 21.0 Å². The van der Waals surface area contributed by atoms with Crippen molar-refractivity contribution >= 4 is 50.7 Å². The topological polar surface area (TPSA) is 86.8 Å². The molecule has 10 heteroatoms. The first-order valence-corrected chi connectivity index (χ1v) is 16.0. The molecule has 1 atom stereocenters. The minimum absolute atomic E-state index is 0.0107. The summed E-state index contributed by atoms with van der Waals surface area (Å²) in [6, 6.07) is 28.3. The van der Waals surface area contributed by atoms with Crippen LogP contribution in [0.3, 0.4) is 0 Å². The van der Waals surface area contributed by atoms with Crippen LogP contribution in [0.1, 0.15) is 23.6 Å². The number of aryl methyl sites for hydroxylation is 1. The minimum Gasteiger partial charge on any atom is -0.355 e. The molecular weight excluding hydrogens is 605 g/mol. The predicted molar refractivity (Wildman–Crippen MR) is 172 cm³/mol. The van der Waals surface area contributed by atoms with Crippen LogP contribution in [0, 0.1) is 6.92 Å². The normalized spacial score (nSPS) is 11.9. The Labute approximate surface area is 263 Å². The third-order valence-corrected chi connectivity index (χ3v) is 9.20. The summed E-state index contributed by atoms with van der Waals surface area (Å²) in [5, 5.41) is 3.23. The summed E-state index contributed by atoms with van der Waals surface area (Å²) in [5.74, 6) is -0.910. The van der Waals surface area contributed by atoms with Crippen LogP contribution < -0.4 is 9.62 Å². The van der Waals surface area contributed by atoms with E-state index in [1.807, 2.05) is 61.5 Å². The van der Waals surface area contributed by atoms with E-state index in [9.17, 15) is 18.0 Å². The number of nitrogens with zero attached hydrogens (tertiary/aromatic N) is 2. The second kappa shape index (κ2) is 14.6. The molecular formula is C33H33Cl2N3O4S. The fourth-order valence-electron chi connectivity index (χ4n) is 4.65. The quantitative estimate of drug-likeness (QED) is 0.198. The minimum atomic E-state index is -4.25. The molecule has 0 saturated heterocycles. The maximum absolute atomic E-state index is 14.4. The van der Waals surface area contributed by atoms with Gasteiger partial charge < -0.3 is 10.2 Å². The van der Waals surface area contributed by atoms with Crippen LogP contribution in [0.15, 0.2) is 108 Å². The Morgan fingerprint density at radius 2 is 1.47 bits per heavy atom. The maximum Gasteiger partial charge on any atom is 0.264 e. The van der Waals surface area contributed by atoms with E-state index >= 15 is 0 Å². The van der Waals surface area contributed by atoms with E-state index in [0.29, 0.717) is 11.6 Å². The van der Waals surface area contributed by atoms with Crippen LogP contribution in [0.25, 0.3) is 0 Å². The molecule has 0 aliphatic rings. The zero-order valence-corrected chi connectivity index (χ0v) is 26.2. The number of sulfonamides is 1. The summed E-state index contributed by atoms with van der Waals surface area (Å²) in [6.07, 6.45) is 0.234. The number of carbonyl (C=O) groups is 2. The summed E-state index contributed by atoms with van der Waals surface area (Å²) in [6.45, 7) is 3.62. The molecule has 0 fully saturated rings. The second-order valence-corrected chi connectivity index (χ2v) is 12.7. The summed E-state index contributed by atoms with van der Waals surface area (Å²) in [5.41, 5.74) is 2.79. The number of likely N-dealkylation sites (N-methyl/N-ethyl adjacent to an activating group) is 1. The number of nitrogens with one attached hydrogen (secondary N) is 1. The monoisotopic (exact) mass is 637 g/mol. The number of rotatable bonds is 12. The van der Waals surface area contributed by atoms with Gasteiger partial charge in [0.1, 0.15) is 12.6 Å². The number of carbonyl (C=O) groups excluding carboxylic acids is 2. The van der Waals surface area contributed by atoms with Crippen LogP contribution in [0.5, 0.6) is 0 Å². The lowest BCUT2D eigenvalue weighted by atomic mass is 10.0. The molecule has 224 valence electrons. The molecule has 4 rings (SSSR count). The van der Waals surface area contributed by atoms with Gasteiger partial charge in [-0.05, 0) is 55.3 Å². The van der Waals surface area contributed by atoms with Gasteiger partial charge in [0.25, 0.3) is 10.0 Å². The molecule has 7 nitrogen and oxygen atoms in total. The first-order chi connectivity index (χ1) is 20.6. The molecule has 0 radical (unpaired) electrons. The summed E-state index contributed by atoms with van der Waals surface area (Å²) >= 11 is 12.6. The highest BCUT2D eigenvalue weighted by Gasteiger charge is 2.35. The van der Waals surface area contributed by atoms with Gasteiger partial charge >= 0.3 is 0 Å². The van der Waals surface area contributed by atoms with Gasteiger partial charge in [0, 0.05) is 24.5 Å². The lowest BCUT2D eigenvalue weighted by Gasteiger charge is -2.34. The van der Waals surface area contributed by atoms with E-state index < -0.39 is 28.5 Å². The molecule has 0 aliphatic carbocycles. The van der Waals surface area contributed by atoms with E-state index in [1.165, 1.54) is 35.2 Å². The highest BCUT2D eigenvalue weighted by molar-refractivity contribution is 7.92. The fourth-order valence-corrected chi connectivity index (χ4v) is 6.67. The Morgan fingerprint density at radius 1 is 0.837 bits per heavy atom. The Hall–Kier alpha value is -3.85. The maximum atomic E-state index is 14.4. The number of hydrogen-bond acceptors (Lipinski definition) is 4. The summed E-state index contributed by atoms with van der Waals surface area (Å²) < 4.78 is 29.0.